The molecule has 0 heterocycles. The molecule has 2 aromatic rings. The number of benzene rings is 2. The van der Waals surface area contributed by atoms with Gasteiger partial charge in [0.05, 0.1) is 0 Å². The second-order valence-corrected chi connectivity index (χ2v) is 8.28. The molecule has 0 bridgehead atoms. The molecule has 0 atom stereocenters. The fourth-order valence-corrected chi connectivity index (χ4v) is 3.06. The third-order valence-corrected chi connectivity index (χ3v) is 4.99. The lowest BCUT2D eigenvalue weighted by Gasteiger charge is -2.09. The van der Waals surface area contributed by atoms with Gasteiger partial charge in [-0.3, -0.25) is 9.59 Å². The highest BCUT2D eigenvalue weighted by Crippen LogP contribution is 2.11. The molecule has 2 amide bonds. The molecule has 29 heavy (non-hydrogen) atoms. The fraction of sp³-hybridized carbons (Fsp3) is 0.238. The average Bonchev–Trinajstić information content (AvgIpc) is 2.71. The normalized spacial score (nSPS) is 11.6. The highest BCUT2D eigenvalue weighted by atomic mass is 32.2. The van der Waals surface area contributed by atoms with Crippen molar-refractivity contribution in [3.8, 4) is 0 Å². The van der Waals surface area contributed by atoms with E-state index in [2.05, 4.69) is 15.4 Å². The Morgan fingerprint density at radius 3 is 2.24 bits per heavy atom. The fourth-order valence-electron chi connectivity index (χ4n) is 2.24. The van der Waals surface area contributed by atoms with Gasteiger partial charge in [0.25, 0.3) is 5.91 Å². The van der Waals surface area contributed by atoms with Gasteiger partial charge in [-0.1, -0.05) is 44.2 Å². The van der Waals surface area contributed by atoms with Crippen molar-refractivity contribution in [1.29, 1.82) is 0 Å². The predicted molar refractivity (Wildman–Crippen MR) is 115 cm³/mol. The largest absolute Gasteiger partial charge is 0.351 e. The summed E-state index contributed by atoms with van der Waals surface area (Å²) >= 11 is 0. The van der Waals surface area contributed by atoms with Crippen LogP contribution in [0.25, 0.3) is 6.08 Å². The zero-order chi connectivity index (χ0) is 21.3. The molecular weight excluding hydrogens is 390 g/mol. The lowest BCUT2D eigenvalue weighted by Crippen LogP contribution is -2.33. The Hall–Kier alpha value is -2.97. The van der Waals surface area contributed by atoms with Crippen molar-refractivity contribution < 1.29 is 18.0 Å². The monoisotopic (exact) mass is 415 g/mol. The lowest BCUT2D eigenvalue weighted by molar-refractivity contribution is -0.118. The minimum atomic E-state index is -3.59. The minimum absolute atomic E-state index is 0.0652. The van der Waals surface area contributed by atoms with Crippen LogP contribution < -0.4 is 15.4 Å². The zero-order valence-corrected chi connectivity index (χ0v) is 17.2. The number of rotatable bonds is 9. The molecule has 2 rings (SSSR count). The summed E-state index contributed by atoms with van der Waals surface area (Å²) in [6.45, 7) is 3.80. The summed E-state index contributed by atoms with van der Waals surface area (Å²) in [5.74, 6) is -0.564. The summed E-state index contributed by atoms with van der Waals surface area (Å²) in [6, 6.07) is 15.6. The van der Waals surface area contributed by atoms with Crippen LogP contribution >= 0.6 is 0 Å². The molecule has 0 unspecified atom stereocenters. The van der Waals surface area contributed by atoms with Crippen LogP contribution in [0, 0.1) is 5.92 Å². The highest BCUT2D eigenvalue weighted by molar-refractivity contribution is 7.92. The first-order valence-electron chi connectivity index (χ1n) is 9.19. The molecule has 0 radical (unpaired) electrons. The number of anilines is 1. The second-order valence-electron chi connectivity index (χ2n) is 6.63. The van der Waals surface area contributed by atoms with Crippen molar-refractivity contribution in [2.45, 2.75) is 13.8 Å². The number of sulfonamides is 1. The summed E-state index contributed by atoms with van der Waals surface area (Å²) in [6.07, 6.45) is 1.50. The van der Waals surface area contributed by atoms with E-state index in [0.29, 0.717) is 11.3 Å². The van der Waals surface area contributed by atoms with Crippen LogP contribution in [0.3, 0.4) is 0 Å². The van der Waals surface area contributed by atoms with Gasteiger partial charge in [-0.15, -0.1) is 0 Å². The molecular formula is C21H25N3O4S. The molecule has 3 N–H and O–H groups in total. The Morgan fingerprint density at radius 2 is 1.62 bits per heavy atom. The molecule has 8 heteroatoms. The predicted octanol–water partition coefficient (Wildman–Crippen LogP) is 2.60. The van der Waals surface area contributed by atoms with E-state index < -0.39 is 10.0 Å². The van der Waals surface area contributed by atoms with Gasteiger partial charge in [-0.05, 0) is 35.9 Å². The summed E-state index contributed by atoms with van der Waals surface area (Å²) in [5.41, 5.74) is 1.80. The Bertz CT molecular complexity index is 953. The lowest BCUT2D eigenvalue weighted by atomic mass is 10.1. The summed E-state index contributed by atoms with van der Waals surface area (Å²) in [4.78, 5) is 23.8. The van der Waals surface area contributed by atoms with Crippen LogP contribution in [0.1, 0.15) is 29.8 Å². The van der Waals surface area contributed by atoms with Crippen LogP contribution in [-0.4, -0.2) is 33.3 Å². The molecule has 7 nitrogen and oxygen atoms in total. The number of hydrogen-bond donors (Lipinski definition) is 3. The van der Waals surface area contributed by atoms with Crippen LogP contribution in [0.2, 0.25) is 0 Å². The van der Waals surface area contributed by atoms with Gasteiger partial charge in [0.15, 0.2) is 0 Å². The van der Waals surface area contributed by atoms with E-state index in [-0.39, 0.29) is 30.8 Å². The summed E-state index contributed by atoms with van der Waals surface area (Å²) in [7, 11) is -3.59. The van der Waals surface area contributed by atoms with E-state index in [1.807, 2.05) is 18.2 Å². The van der Waals surface area contributed by atoms with Gasteiger partial charge in [0.1, 0.15) is 0 Å². The Morgan fingerprint density at radius 1 is 0.966 bits per heavy atom. The van der Waals surface area contributed by atoms with Crippen LogP contribution in [0.15, 0.2) is 60.0 Å². The number of amides is 2. The smallest absolute Gasteiger partial charge is 0.251 e. The average molecular weight is 416 g/mol. The topological polar surface area (TPSA) is 104 Å². The van der Waals surface area contributed by atoms with Crippen LogP contribution in [-0.2, 0) is 14.8 Å². The van der Waals surface area contributed by atoms with Gasteiger partial charge in [-0.2, -0.15) is 0 Å². The van der Waals surface area contributed by atoms with Crippen molar-refractivity contribution >= 4 is 33.6 Å². The van der Waals surface area contributed by atoms with E-state index in [0.717, 1.165) is 11.0 Å². The van der Waals surface area contributed by atoms with Gasteiger partial charge in [0.2, 0.25) is 15.9 Å². The maximum Gasteiger partial charge on any atom is 0.251 e. The molecule has 0 aromatic heterocycles. The van der Waals surface area contributed by atoms with E-state index in [1.165, 1.54) is 6.08 Å². The molecule has 0 aliphatic carbocycles. The first kappa shape index (κ1) is 22.3. The zero-order valence-electron chi connectivity index (χ0n) is 16.4. The molecule has 0 fully saturated rings. The van der Waals surface area contributed by atoms with E-state index in [1.54, 1.807) is 50.2 Å². The van der Waals surface area contributed by atoms with Gasteiger partial charge < -0.3 is 10.6 Å². The van der Waals surface area contributed by atoms with Crippen LogP contribution in [0.4, 0.5) is 5.69 Å². The minimum Gasteiger partial charge on any atom is -0.351 e. The van der Waals surface area contributed by atoms with Gasteiger partial charge in [0, 0.05) is 35.7 Å². The number of carbonyl (C=O) groups excluding carboxylic acids is 2. The molecule has 0 saturated carbocycles. The maximum absolute atomic E-state index is 12.1. The summed E-state index contributed by atoms with van der Waals surface area (Å²) < 4.78 is 26.3. The molecule has 154 valence electrons. The third-order valence-electron chi connectivity index (χ3n) is 3.89. The van der Waals surface area contributed by atoms with Gasteiger partial charge in [-0.25, -0.2) is 13.1 Å². The molecule has 0 aliphatic rings. The Labute approximate surface area is 171 Å². The van der Waals surface area contributed by atoms with Crippen molar-refractivity contribution in [1.82, 2.24) is 10.0 Å². The van der Waals surface area contributed by atoms with Crippen molar-refractivity contribution in [2.75, 3.05) is 18.4 Å². The first-order chi connectivity index (χ1) is 13.8. The van der Waals surface area contributed by atoms with E-state index >= 15 is 0 Å². The molecule has 0 saturated heterocycles. The van der Waals surface area contributed by atoms with Crippen molar-refractivity contribution in [3.63, 3.8) is 0 Å². The van der Waals surface area contributed by atoms with Crippen LogP contribution in [0.5, 0.6) is 0 Å². The third kappa shape index (κ3) is 7.89. The SMILES string of the molecule is CC(C)C(=O)Nc1ccc(C(=O)NCCNS(=O)(=O)/C=C/c2ccccc2)cc1. The van der Waals surface area contributed by atoms with E-state index in [9.17, 15) is 18.0 Å². The second kappa shape index (κ2) is 10.5. The number of hydrogen-bond acceptors (Lipinski definition) is 4. The number of carbonyl (C=O) groups is 2. The maximum atomic E-state index is 12.1. The Balaban J connectivity index is 1.77. The van der Waals surface area contributed by atoms with Crippen molar-refractivity contribution in [3.05, 3.63) is 71.1 Å². The molecule has 0 aliphatic heterocycles. The quantitative estimate of drug-likeness (QED) is 0.548. The Kier molecular flexibility index (Phi) is 8.11. The van der Waals surface area contributed by atoms with E-state index in [4.69, 9.17) is 0 Å². The number of nitrogens with one attached hydrogen (secondary N) is 3. The highest BCUT2D eigenvalue weighted by Gasteiger charge is 2.09. The molecule has 2 aromatic carbocycles. The van der Waals surface area contributed by atoms with Gasteiger partial charge >= 0.3 is 0 Å². The molecule has 0 spiro atoms. The standard InChI is InChI=1S/C21H25N3O4S/c1-16(2)20(25)24-19-10-8-18(9-11-19)21(26)22-13-14-23-29(27,28)15-12-17-6-4-3-5-7-17/h3-12,15-16,23H,13-14H2,1-2H3,(H,22,26)(H,24,25)/b15-12+. The van der Waals surface area contributed by atoms with Crippen molar-refractivity contribution in [2.24, 2.45) is 5.92 Å². The summed E-state index contributed by atoms with van der Waals surface area (Å²) in [5, 5.41) is 6.48. The first-order valence-corrected chi connectivity index (χ1v) is 10.7.